The third kappa shape index (κ3) is 3.32. The number of aromatic nitrogens is 2. The van der Waals surface area contributed by atoms with Crippen LogP contribution in [0.5, 0.6) is 0 Å². The number of hydrogen-bond acceptors (Lipinski definition) is 3. The lowest BCUT2D eigenvalue weighted by atomic mass is 10.1. The molecule has 4 nitrogen and oxygen atoms in total. The van der Waals surface area contributed by atoms with Gasteiger partial charge in [0.15, 0.2) is 0 Å². The Morgan fingerprint density at radius 3 is 2.84 bits per heavy atom. The van der Waals surface area contributed by atoms with Gasteiger partial charge in [0.25, 0.3) is 0 Å². The van der Waals surface area contributed by atoms with Gasteiger partial charge in [0, 0.05) is 24.0 Å². The number of benzene rings is 1. The number of nitrogens with one attached hydrogen (secondary N) is 1. The van der Waals surface area contributed by atoms with Crippen LogP contribution in [0.2, 0.25) is 0 Å². The molecule has 0 aliphatic rings. The first kappa shape index (κ1) is 13.5. The van der Waals surface area contributed by atoms with Crippen LogP contribution < -0.4 is 11.1 Å². The molecular formula is C14H18N4S. The van der Waals surface area contributed by atoms with E-state index in [-0.39, 0.29) is 0 Å². The first-order chi connectivity index (χ1) is 9.08. The molecule has 0 aliphatic heterocycles. The minimum Gasteiger partial charge on any atom is -0.389 e. The maximum atomic E-state index is 5.74. The van der Waals surface area contributed by atoms with Crippen molar-refractivity contribution >= 4 is 22.9 Å². The quantitative estimate of drug-likeness (QED) is 0.821. The SMILES string of the molecule is Cc1cnn(CCNc2c(C)cccc2C(N)=S)c1. The van der Waals surface area contributed by atoms with E-state index in [1.54, 1.807) is 0 Å². The van der Waals surface area contributed by atoms with E-state index in [9.17, 15) is 0 Å². The fraction of sp³-hybridized carbons (Fsp3) is 0.286. The zero-order valence-electron chi connectivity index (χ0n) is 11.2. The van der Waals surface area contributed by atoms with Crippen LogP contribution in [-0.4, -0.2) is 21.3 Å². The molecule has 5 heteroatoms. The van der Waals surface area contributed by atoms with Crippen molar-refractivity contribution < 1.29 is 0 Å². The second kappa shape index (κ2) is 5.84. The number of nitrogens with zero attached hydrogens (tertiary/aromatic N) is 2. The van der Waals surface area contributed by atoms with Crippen LogP contribution in [0, 0.1) is 13.8 Å². The van der Waals surface area contributed by atoms with Crippen LogP contribution in [0.1, 0.15) is 16.7 Å². The van der Waals surface area contributed by atoms with Crippen molar-refractivity contribution in [2.24, 2.45) is 5.73 Å². The van der Waals surface area contributed by atoms with Crippen LogP contribution in [0.25, 0.3) is 0 Å². The summed E-state index contributed by atoms with van der Waals surface area (Å²) in [7, 11) is 0. The van der Waals surface area contributed by atoms with Crippen molar-refractivity contribution in [3.63, 3.8) is 0 Å². The van der Waals surface area contributed by atoms with E-state index < -0.39 is 0 Å². The van der Waals surface area contributed by atoms with Gasteiger partial charge in [-0.25, -0.2) is 0 Å². The summed E-state index contributed by atoms with van der Waals surface area (Å²) < 4.78 is 1.92. The summed E-state index contributed by atoms with van der Waals surface area (Å²) in [5.41, 5.74) is 9.96. The van der Waals surface area contributed by atoms with Crippen LogP contribution >= 0.6 is 12.2 Å². The molecule has 0 amide bonds. The maximum Gasteiger partial charge on any atom is 0.106 e. The molecule has 1 heterocycles. The Hall–Kier alpha value is -1.88. The normalized spacial score (nSPS) is 10.4. The van der Waals surface area contributed by atoms with E-state index >= 15 is 0 Å². The number of para-hydroxylation sites is 1. The van der Waals surface area contributed by atoms with Gasteiger partial charge in [0.05, 0.1) is 12.7 Å². The molecule has 2 aromatic rings. The summed E-state index contributed by atoms with van der Waals surface area (Å²) >= 11 is 5.08. The van der Waals surface area contributed by atoms with E-state index in [1.165, 1.54) is 5.56 Å². The molecule has 0 saturated carbocycles. The molecule has 0 spiro atoms. The fourth-order valence-corrected chi connectivity index (χ4v) is 2.16. The number of aryl methyl sites for hydroxylation is 2. The lowest BCUT2D eigenvalue weighted by molar-refractivity contribution is 0.637. The van der Waals surface area contributed by atoms with Gasteiger partial charge < -0.3 is 11.1 Å². The Kier molecular flexibility index (Phi) is 4.16. The van der Waals surface area contributed by atoms with Gasteiger partial charge in [0.1, 0.15) is 4.99 Å². The minimum atomic E-state index is 0.418. The molecule has 0 atom stereocenters. The highest BCUT2D eigenvalue weighted by Crippen LogP contribution is 2.20. The first-order valence-electron chi connectivity index (χ1n) is 6.20. The van der Waals surface area contributed by atoms with E-state index in [0.29, 0.717) is 4.99 Å². The van der Waals surface area contributed by atoms with Gasteiger partial charge in [-0.3, -0.25) is 4.68 Å². The molecule has 0 bridgehead atoms. The Balaban J connectivity index is 2.05. The first-order valence-corrected chi connectivity index (χ1v) is 6.61. The average Bonchev–Trinajstić information content (AvgIpc) is 2.77. The van der Waals surface area contributed by atoms with Crippen molar-refractivity contribution in [1.29, 1.82) is 0 Å². The molecular weight excluding hydrogens is 256 g/mol. The Bertz CT molecular complexity index is 589. The van der Waals surface area contributed by atoms with E-state index in [2.05, 4.69) is 10.4 Å². The molecule has 1 aromatic carbocycles. The monoisotopic (exact) mass is 274 g/mol. The number of anilines is 1. The molecule has 100 valence electrons. The standard InChI is InChI=1S/C14H18N4S/c1-10-8-17-18(9-10)7-6-16-13-11(2)4-3-5-12(13)14(15)19/h3-5,8-9,16H,6-7H2,1-2H3,(H2,15,19). The second-order valence-corrected chi connectivity index (χ2v) is 5.01. The zero-order valence-corrected chi connectivity index (χ0v) is 12.0. The zero-order chi connectivity index (χ0) is 13.8. The van der Waals surface area contributed by atoms with Gasteiger partial charge >= 0.3 is 0 Å². The fourth-order valence-electron chi connectivity index (χ4n) is 1.99. The van der Waals surface area contributed by atoms with Crippen molar-refractivity contribution in [1.82, 2.24) is 9.78 Å². The molecule has 0 saturated heterocycles. The van der Waals surface area contributed by atoms with Crippen molar-refractivity contribution in [2.75, 3.05) is 11.9 Å². The predicted octanol–water partition coefficient (Wildman–Crippen LogP) is 2.25. The smallest absolute Gasteiger partial charge is 0.106 e. The molecule has 1 aromatic heterocycles. The molecule has 3 N–H and O–H groups in total. The van der Waals surface area contributed by atoms with E-state index in [4.69, 9.17) is 18.0 Å². The summed E-state index contributed by atoms with van der Waals surface area (Å²) in [5.74, 6) is 0. The van der Waals surface area contributed by atoms with Crippen LogP contribution in [0.15, 0.2) is 30.6 Å². The van der Waals surface area contributed by atoms with Gasteiger partial charge in [-0.15, -0.1) is 0 Å². The molecule has 0 unspecified atom stereocenters. The highest BCUT2D eigenvalue weighted by atomic mass is 32.1. The van der Waals surface area contributed by atoms with Crippen molar-refractivity contribution in [2.45, 2.75) is 20.4 Å². The molecule has 0 aliphatic carbocycles. The largest absolute Gasteiger partial charge is 0.389 e. The number of hydrogen-bond donors (Lipinski definition) is 2. The van der Waals surface area contributed by atoms with Crippen LogP contribution in [0.3, 0.4) is 0 Å². The van der Waals surface area contributed by atoms with Crippen molar-refractivity contribution in [3.8, 4) is 0 Å². The van der Waals surface area contributed by atoms with Gasteiger partial charge in [-0.05, 0) is 31.0 Å². The maximum absolute atomic E-state index is 5.74. The molecule has 0 fully saturated rings. The van der Waals surface area contributed by atoms with E-state index in [0.717, 1.165) is 29.9 Å². The van der Waals surface area contributed by atoms with Gasteiger partial charge in [-0.2, -0.15) is 5.10 Å². The van der Waals surface area contributed by atoms with Gasteiger partial charge in [0.2, 0.25) is 0 Å². The van der Waals surface area contributed by atoms with E-state index in [1.807, 2.05) is 49.1 Å². The Morgan fingerprint density at radius 1 is 1.42 bits per heavy atom. The van der Waals surface area contributed by atoms with Crippen molar-refractivity contribution in [3.05, 3.63) is 47.3 Å². The number of nitrogens with two attached hydrogens (primary N) is 1. The van der Waals surface area contributed by atoms with Crippen LogP contribution in [0.4, 0.5) is 5.69 Å². The summed E-state index contributed by atoms with van der Waals surface area (Å²) in [6.07, 6.45) is 3.88. The number of rotatable bonds is 5. The highest BCUT2D eigenvalue weighted by Gasteiger charge is 2.07. The summed E-state index contributed by atoms with van der Waals surface area (Å²) in [6, 6.07) is 5.95. The van der Waals surface area contributed by atoms with Gasteiger partial charge in [-0.1, -0.05) is 24.4 Å². The predicted molar refractivity (Wildman–Crippen MR) is 82.5 cm³/mol. The van der Waals surface area contributed by atoms with Crippen LogP contribution in [-0.2, 0) is 6.54 Å². The molecule has 0 radical (unpaired) electrons. The highest BCUT2D eigenvalue weighted by molar-refractivity contribution is 7.80. The summed E-state index contributed by atoms with van der Waals surface area (Å²) in [6.45, 7) is 5.66. The minimum absolute atomic E-state index is 0.418. The lowest BCUT2D eigenvalue weighted by Crippen LogP contribution is -2.17. The summed E-state index contributed by atoms with van der Waals surface area (Å²) in [4.78, 5) is 0.418. The summed E-state index contributed by atoms with van der Waals surface area (Å²) in [5, 5.41) is 7.65. The third-order valence-corrected chi connectivity index (χ3v) is 3.16. The third-order valence-electron chi connectivity index (χ3n) is 2.94. The topological polar surface area (TPSA) is 55.9 Å². The second-order valence-electron chi connectivity index (χ2n) is 4.57. The molecule has 2 rings (SSSR count). The lowest BCUT2D eigenvalue weighted by Gasteiger charge is -2.14. The average molecular weight is 274 g/mol. The Morgan fingerprint density at radius 2 is 2.21 bits per heavy atom. The Labute approximate surface area is 118 Å². The number of thiocarbonyl (C=S) groups is 1. The molecule has 19 heavy (non-hydrogen) atoms.